The van der Waals surface area contributed by atoms with Crippen LogP contribution >= 0.6 is 0 Å². The Hall–Kier alpha value is -2.17. The van der Waals surface area contributed by atoms with Gasteiger partial charge in [0.25, 0.3) is 0 Å². The molecule has 0 aliphatic carbocycles. The van der Waals surface area contributed by atoms with Crippen LogP contribution in [-0.2, 0) is 18.0 Å². The van der Waals surface area contributed by atoms with E-state index in [1.165, 1.54) is 0 Å². The second-order valence-electron chi connectivity index (χ2n) is 4.10. The molecule has 0 heterocycles. The van der Waals surface area contributed by atoms with Crippen LogP contribution < -0.4 is 5.48 Å². The van der Waals surface area contributed by atoms with Crippen molar-refractivity contribution < 1.29 is 14.7 Å². The van der Waals surface area contributed by atoms with E-state index in [1.807, 2.05) is 30.3 Å². The molecule has 0 unspecified atom stereocenters. The van der Waals surface area contributed by atoms with E-state index >= 15 is 0 Å². The molecule has 2 aromatic carbocycles. The Bertz CT molecular complexity index is 523. The normalized spacial score (nSPS) is 10.3. The van der Waals surface area contributed by atoms with Gasteiger partial charge in [-0.2, -0.15) is 5.48 Å². The lowest BCUT2D eigenvalue weighted by molar-refractivity contribution is 0.0235. The Balaban J connectivity index is 1.75. The highest BCUT2D eigenvalue weighted by Gasteiger charge is 2.01. The summed E-state index contributed by atoms with van der Waals surface area (Å²) >= 11 is 0. The standard InChI is InChI=1S/C15H15NO3/c17-15(18)14-8-6-12(7-9-14)10-16-19-11-13-4-2-1-3-5-13/h1-9,16H,10-11H2,(H,17,18). The van der Waals surface area contributed by atoms with Gasteiger partial charge < -0.3 is 5.11 Å². The molecule has 98 valence electrons. The SMILES string of the molecule is O=C(O)c1ccc(CNOCc2ccccc2)cc1. The van der Waals surface area contributed by atoms with Gasteiger partial charge in [0.2, 0.25) is 0 Å². The van der Waals surface area contributed by atoms with Gasteiger partial charge in [0.05, 0.1) is 12.2 Å². The van der Waals surface area contributed by atoms with Gasteiger partial charge in [0.15, 0.2) is 0 Å². The number of carboxylic acid groups (broad SMARTS) is 1. The predicted molar refractivity (Wildman–Crippen MR) is 71.5 cm³/mol. The number of hydrogen-bond acceptors (Lipinski definition) is 3. The van der Waals surface area contributed by atoms with E-state index in [1.54, 1.807) is 24.3 Å². The number of hydrogen-bond donors (Lipinski definition) is 2. The highest BCUT2D eigenvalue weighted by atomic mass is 16.6. The fraction of sp³-hybridized carbons (Fsp3) is 0.133. The third-order valence-corrected chi connectivity index (χ3v) is 2.66. The van der Waals surface area contributed by atoms with Crippen molar-refractivity contribution in [3.63, 3.8) is 0 Å². The van der Waals surface area contributed by atoms with E-state index < -0.39 is 5.97 Å². The second-order valence-corrected chi connectivity index (χ2v) is 4.10. The molecule has 0 spiro atoms. The maximum absolute atomic E-state index is 10.7. The Kier molecular flexibility index (Phi) is 4.66. The quantitative estimate of drug-likeness (QED) is 0.617. The molecule has 0 aliphatic heterocycles. The minimum atomic E-state index is -0.917. The van der Waals surface area contributed by atoms with Crippen LogP contribution in [0.5, 0.6) is 0 Å². The van der Waals surface area contributed by atoms with Gasteiger partial charge in [-0.1, -0.05) is 42.5 Å². The fourth-order valence-electron chi connectivity index (χ4n) is 1.61. The molecular formula is C15H15NO3. The number of rotatable bonds is 6. The van der Waals surface area contributed by atoms with Crippen LogP contribution in [0.4, 0.5) is 0 Å². The maximum Gasteiger partial charge on any atom is 0.335 e. The molecule has 2 N–H and O–H groups in total. The largest absolute Gasteiger partial charge is 0.478 e. The molecule has 0 aliphatic rings. The van der Waals surface area contributed by atoms with Crippen LogP contribution in [-0.4, -0.2) is 11.1 Å². The first kappa shape index (κ1) is 13.3. The average molecular weight is 257 g/mol. The van der Waals surface area contributed by atoms with Crippen LogP contribution in [0.25, 0.3) is 0 Å². The van der Waals surface area contributed by atoms with Gasteiger partial charge in [0, 0.05) is 6.54 Å². The Morgan fingerprint density at radius 3 is 2.32 bits per heavy atom. The van der Waals surface area contributed by atoms with E-state index in [2.05, 4.69) is 5.48 Å². The molecule has 0 radical (unpaired) electrons. The molecule has 0 saturated heterocycles. The summed E-state index contributed by atoms with van der Waals surface area (Å²) in [6.45, 7) is 1.03. The lowest BCUT2D eigenvalue weighted by Crippen LogP contribution is -2.13. The molecule has 0 amide bonds. The smallest absolute Gasteiger partial charge is 0.335 e. The van der Waals surface area contributed by atoms with Crippen molar-refractivity contribution in [2.45, 2.75) is 13.2 Å². The summed E-state index contributed by atoms with van der Waals surface area (Å²) in [6.07, 6.45) is 0. The zero-order chi connectivity index (χ0) is 13.5. The summed E-state index contributed by atoms with van der Waals surface area (Å²) < 4.78 is 0. The fourth-order valence-corrected chi connectivity index (χ4v) is 1.61. The molecule has 19 heavy (non-hydrogen) atoms. The number of benzene rings is 2. The number of aromatic carboxylic acids is 1. The molecular weight excluding hydrogens is 242 g/mol. The van der Waals surface area contributed by atoms with Crippen molar-refractivity contribution in [2.24, 2.45) is 0 Å². The molecule has 0 atom stereocenters. The second kappa shape index (κ2) is 6.68. The van der Waals surface area contributed by atoms with E-state index in [4.69, 9.17) is 9.94 Å². The van der Waals surface area contributed by atoms with Crippen LogP contribution in [0.2, 0.25) is 0 Å². The van der Waals surface area contributed by atoms with E-state index in [0.717, 1.165) is 11.1 Å². The predicted octanol–water partition coefficient (Wildman–Crippen LogP) is 2.61. The third-order valence-electron chi connectivity index (χ3n) is 2.66. The van der Waals surface area contributed by atoms with Gasteiger partial charge in [-0.25, -0.2) is 4.79 Å². The summed E-state index contributed by atoms with van der Waals surface area (Å²) in [4.78, 5) is 16.0. The molecule has 2 aromatic rings. The molecule has 0 saturated carbocycles. The Morgan fingerprint density at radius 1 is 1.00 bits per heavy atom. The summed E-state index contributed by atoms with van der Waals surface area (Å²) in [5.41, 5.74) is 5.20. The van der Waals surface area contributed by atoms with Crippen LogP contribution in [0, 0.1) is 0 Å². The lowest BCUT2D eigenvalue weighted by atomic mass is 10.1. The first-order valence-electron chi connectivity index (χ1n) is 5.96. The summed E-state index contributed by atoms with van der Waals surface area (Å²) in [5, 5.41) is 8.78. The first-order chi connectivity index (χ1) is 9.25. The molecule has 4 nitrogen and oxygen atoms in total. The van der Waals surface area contributed by atoms with Gasteiger partial charge in [-0.3, -0.25) is 4.84 Å². The Morgan fingerprint density at radius 2 is 1.68 bits per heavy atom. The minimum Gasteiger partial charge on any atom is -0.478 e. The molecule has 0 bridgehead atoms. The van der Waals surface area contributed by atoms with Crippen LogP contribution in [0.3, 0.4) is 0 Å². The average Bonchev–Trinajstić information content (AvgIpc) is 2.45. The van der Waals surface area contributed by atoms with Gasteiger partial charge in [-0.05, 0) is 23.3 Å². The van der Waals surface area contributed by atoms with Crippen molar-refractivity contribution in [2.75, 3.05) is 0 Å². The number of hydroxylamine groups is 1. The molecule has 4 heteroatoms. The summed E-state index contributed by atoms with van der Waals surface area (Å²) in [5.74, 6) is -0.917. The van der Waals surface area contributed by atoms with E-state index in [-0.39, 0.29) is 5.56 Å². The molecule has 0 aromatic heterocycles. The topological polar surface area (TPSA) is 58.6 Å². The maximum atomic E-state index is 10.7. The van der Waals surface area contributed by atoms with Crippen LogP contribution in [0.1, 0.15) is 21.5 Å². The third kappa shape index (κ3) is 4.21. The van der Waals surface area contributed by atoms with Crippen molar-refractivity contribution in [3.8, 4) is 0 Å². The number of nitrogens with one attached hydrogen (secondary N) is 1. The van der Waals surface area contributed by atoms with Gasteiger partial charge in [-0.15, -0.1) is 0 Å². The molecule has 2 rings (SSSR count). The van der Waals surface area contributed by atoms with E-state index in [0.29, 0.717) is 13.2 Å². The van der Waals surface area contributed by atoms with Crippen molar-refractivity contribution in [1.29, 1.82) is 0 Å². The highest BCUT2D eigenvalue weighted by molar-refractivity contribution is 5.87. The minimum absolute atomic E-state index is 0.286. The zero-order valence-electron chi connectivity index (χ0n) is 10.4. The van der Waals surface area contributed by atoms with Crippen molar-refractivity contribution in [3.05, 3.63) is 71.3 Å². The monoisotopic (exact) mass is 257 g/mol. The summed E-state index contributed by atoms with van der Waals surface area (Å²) in [7, 11) is 0. The van der Waals surface area contributed by atoms with Gasteiger partial charge >= 0.3 is 5.97 Å². The Labute approximate surface area is 111 Å². The van der Waals surface area contributed by atoms with Crippen LogP contribution in [0.15, 0.2) is 54.6 Å². The van der Waals surface area contributed by atoms with Gasteiger partial charge in [0.1, 0.15) is 0 Å². The number of carboxylic acids is 1. The number of carbonyl (C=O) groups is 1. The van der Waals surface area contributed by atoms with Crippen molar-refractivity contribution in [1.82, 2.24) is 5.48 Å². The molecule has 0 fully saturated rings. The van der Waals surface area contributed by atoms with Crippen molar-refractivity contribution >= 4 is 5.97 Å². The zero-order valence-corrected chi connectivity index (χ0v) is 10.4. The lowest BCUT2D eigenvalue weighted by Gasteiger charge is -2.06. The summed E-state index contributed by atoms with van der Waals surface area (Å²) in [6, 6.07) is 16.6. The highest BCUT2D eigenvalue weighted by Crippen LogP contribution is 2.05. The van der Waals surface area contributed by atoms with E-state index in [9.17, 15) is 4.79 Å². The first-order valence-corrected chi connectivity index (χ1v) is 5.96.